The number of carbonyl (C=O) groups is 2. The molecule has 8 nitrogen and oxygen atoms in total. The summed E-state index contributed by atoms with van der Waals surface area (Å²) in [5, 5.41) is 27.4. The SMILES string of the molecule is CON(C)C(=O)[C@H]1CC[C@H]2[C@@H]3CC[C@@H]4C[C@](C)(O)CC[C@@H]4[C@H]3CC[C@]12C.C[C@@]1(O)CC[C@H]2[C@H](CC[C@@H]3[C@@H]2CC[C@]2(C)[C@@H](C(=O)Cc4nccc5ccccc45)CC[C@@H]32)C1.Cc1nccc2ccccc12.[CH2-]CCC.[Li+]. The van der Waals surface area contributed by atoms with Crippen molar-refractivity contribution in [3.63, 3.8) is 0 Å². The van der Waals surface area contributed by atoms with Crippen molar-refractivity contribution in [3.05, 3.63) is 91.4 Å². The normalized spacial score (nSPS) is 38.1. The molecule has 16 atom stereocenters. The monoisotopic (exact) mass is 1020 g/mol. The van der Waals surface area contributed by atoms with Crippen LogP contribution < -0.4 is 18.9 Å². The van der Waals surface area contributed by atoms with E-state index in [-0.39, 0.29) is 47.4 Å². The summed E-state index contributed by atoms with van der Waals surface area (Å²) in [6.07, 6.45) is 27.5. The van der Waals surface area contributed by atoms with Crippen LogP contribution in [-0.2, 0) is 20.8 Å². The van der Waals surface area contributed by atoms with Crippen molar-refractivity contribution in [1.29, 1.82) is 0 Å². The Kier molecular flexibility index (Phi) is 18.6. The molecule has 4 aromatic rings. The van der Waals surface area contributed by atoms with Crippen molar-refractivity contribution >= 4 is 33.2 Å². The van der Waals surface area contributed by atoms with Crippen molar-refractivity contribution in [3.8, 4) is 0 Å². The van der Waals surface area contributed by atoms with Gasteiger partial charge in [-0.1, -0.05) is 75.7 Å². The van der Waals surface area contributed by atoms with Crippen LogP contribution in [0, 0.1) is 95.7 Å². The zero-order chi connectivity index (χ0) is 52.6. The standard InChI is InChI=1S/C30H39NO2.C22H37NO3.C10H9N.C4H9.Li/c1-29(33)14-11-21-20(18-29)7-8-24-23(21)12-15-30(2)25(24)9-10-26(30)28(32)17-27-22-6-4-3-5-19(22)13-16-31-27;1-21(25)11-9-15-14(13-21)5-6-17-16(15)10-12-22(2)18(17)7-8-19(22)20(24)23(3)26-4;1-8-10-5-3-2-4-9(10)6-7-11-8;1-3-4-2;/h3-6,13,16,20-21,23-26,33H,7-12,14-15,17-18H2,1-2H3;14-19,25H,5-13H2,1-4H3;2-7H,1H3;1,3-4H2,2H3;/q;;;-1;+1/t20-,21+,23-,24-,25+,26-,29-,30+;14-,15+,16-,17-,18+,19-,21-,22+;;;/m11.../s1. The number of rotatable bonds is 6. The summed E-state index contributed by atoms with van der Waals surface area (Å²) >= 11 is 0. The van der Waals surface area contributed by atoms with Gasteiger partial charge >= 0.3 is 18.9 Å². The third-order valence-electron chi connectivity index (χ3n) is 22.1. The molecule has 2 heterocycles. The molecule has 0 unspecified atom stereocenters. The number of ketones is 1. The van der Waals surface area contributed by atoms with Gasteiger partial charge in [0, 0.05) is 54.2 Å². The number of Topliss-reactive ketones (excluding diaryl/α,β-unsaturated/α-hetero) is 1. The Morgan fingerprint density at radius 1 is 0.627 bits per heavy atom. The Bertz CT molecular complexity index is 2550. The zero-order valence-corrected chi connectivity index (χ0v) is 47.9. The number of benzene rings is 2. The Hall–Kier alpha value is -3.12. The molecule has 404 valence electrons. The van der Waals surface area contributed by atoms with Gasteiger partial charge in [-0.2, -0.15) is 6.42 Å². The van der Waals surface area contributed by atoms with Gasteiger partial charge in [0.2, 0.25) is 5.91 Å². The number of carbonyl (C=O) groups excluding carboxylic acids is 2. The van der Waals surface area contributed by atoms with E-state index in [4.69, 9.17) is 4.84 Å². The number of aryl methyl sites for hydroxylation is 1. The predicted octanol–water partition coefficient (Wildman–Crippen LogP) is 11.6. The van der Waals surface area contributed by atoms with E-state index < -0.39 is 11.2 Å². The Morgan fingerprint density at radius 3 is 1.61 bits per heavy atom. The number of amides is 1. The summed E-state index contributed by atoms with van der Waals surface area (Å²) in [5.74, 6) is 8.63. The van der Waals surface area contributed by atoms with E-state index in [0.717, 1.165) is 109 Å². The molecule has 0 spiro atoms. The van der Waals surface area contributed by atoms with Crippen molar-refractivity contribution in [2.75, 3.05) is 14.2 Å². The van der Waals surface area contributed by atoms with Crippen molar-refractivity contribution in [2.45, 2.75) is 188 Å². The fourth-order valence-corrected chi connectivity index (χ4v) is 18.3. The summed E-state index contributed by atoms with van der Waals surface area (Å²) in [7, 11) is 3.34. The van der Waals surface area contributed by atoms with Gasteiger partial charge < -0.3 is 17.1 Å². The molecule has 0 radical (unpaired) electrons. The number of aromatic nitrogens is 2. The maximum atomic E-state index is 13.7. The van der Waals surface area contributed by atoms with Crippen LogP contribution in [0.1, 0.15) is 174 Å². The Labute approximate surface area is 464 Å². The van der Waals surface area contributed by atoms with Crippen LogP contribution in [0.2, 0.25) is 0 Å². The van der Waals surface area contributed by atoms with E-state index >= 15 is 0 Å². The van der Waals surface area contributed by atoms with Crippen LogP contribution in [0.4, 0.5) is 0 Å². The molecule has 8 fully saturated rings. The smallest absolute Gasteiger partial charge is 0.390 e. The molecule has 2 aromatic carbocycles. The average Bonchev–Trinajstić information content (AvgIpc) is 3.95. The largest absolute Gasteiger partial charge is 1.00 e. The van der Waals surface area contributed by atoms with Crippen molar-refractivity contribution in [2.24, 2.45) is 81.8 Å². The van der Waals surface area contributed by atoms with E-state index in [9.17, 15) is 19.8 Å². The molecule has 8 aliphatic carbocycles. The minimum Gasteiger partial charge on any atom is -0.390 e. The topological polar surface area (TPSA) is 113 Å². The first kappa shape index (κ1) is 58.0. The number of fused-ring (bicyclic) bond motifs is 12. The number of unbranched alkanes of at least 4 members (excludes halogenated alkanes) is 1. The van der Waals surface area contributed by atoms with Crippen LogP contribution in [0.5, 0.6) is 0 Å². The minimum atomic E-state index is -0.447. The third-order valence-corrected chi connectivity index (χ3v) is 22.1. The van der Waals surface area contributed by atoms with Crippen LogP contribution in [0.15, 0.2) is 73.1 Å². The molecule has 8 aliphatic rings. The van der Waals surface area contributed by atoms with Crippen LogP contribution in [0.25, 0.3) is 21.5 Å². The van der Waals surface area contributed by atoms with Gasteiger partial charge in [0.25, 0.3) is 0 Å². The molecule has 12 rings (SSSR count). The number of aliphatic hydroxyl groups is 2. The number of hydrogen-bond donors (Lipinski definition) is 2. The van der Waals surface area contributed by atoms with E-state index in [1.165, 1.54) is 105 Å². The van der Waals surface area contributed by atoms with Gasteiger partial charge in [0.05, 0.1) is 24.0 Å². The molecule has 0 aliphatic heterocycles. The first-order valence-corrected chi connectivity index (χ1v) is 29.6. The van der Waals surface area contributed by atoms with Crippen molar-refractivity contribution < 1.29 is 43.5 Å². The van der Waals surface area contributed by atoms with Gasteiger partial charge in [-0.15, -0.1) is 0 Å². The second-order valence-corrected chi connectivity index (χ2v) is 26.3. The average molecular weight is 1020 g/mol. The summed E-state index contributed by atoms with van der Waals surface area (Å²) < 4.78 is 0. The maximum absolute atomic E-state index is 13.7. The van der Waals surface area contributed by atoms with E-state index in [1.807, 2.05) is 63.5 Å². The molecule has 75 heavy (non-hydrogen) atoms. The third kappa shape index (κ3) is 11.9. The van der Waals surface area contributed by atoms with E-state index in [2.05, 4.69) is 68.0 Å². The molecule has 0 saturated heterocycles. The maximum Gasteiger partial charge on any atom is 1.00 e. The minimum absolute atomic E-state index is 0. The van der Waals surface area contributed by atoms with Crippen molar-refractivity contribution in [1.82, 2.24) is 15.0 Å². The fourth-order valence-electron chi connectivity index (χ4n) is 18.3. The van der Waals surface area contributed by atoms with E-state index in [0.29, 0.717) is 24.0 Å². The van der Waals surface area contributed by atoms with Gasteiger partial charge in [-0.25, -0.2) is 5.06 Å². The summed E-state index contributed by atoms with van der Waals surface area (Å²) in [4.78, 5) is 40.6. The number of nitrogens with zero attached hydrogens (tertiary/aromatic N) is 3. The fraction of sp³-hybridized carbons (Fsp3) is 0.682. The summed E-state index contributed by atoms with van der Waals surface area (Å²) in [6, 6.07) is 20.7. The van der Waals surface area contributed by atoms with Gasteiger partial charge in [-0.05, 0) is 229 Å². The first-order chi connectivity index (χ1) is 35.4. The molecular weight excluding hydrogens is 922 g/mol. The molecule has 2 aromatic heterocycles. The Balaban J connectivity index is 0.000000157. The van der Waals surface area contributed by atoms with Crippen LogP contribution in [-0.4, -0.2) is 62.3 Å². The van der Waals surface area contributed by atoms with E-state index in [1.54, 1.807) is 14.2 Å². The van der Waals surface area contributed by atoms with Gasteiger partial charge in [0.1, 0.15) is 5.78 Å². The van der Waals surface area contributed by atoms with Gasteiger partial charge in [-0.3, -0.25) is 24.4 Å². The molecule has 9 heteroatoms. The molecule has 2 N–H and O–H groups in total. The van der Waals surface area contributed by atoms with Crippen LogP contribution >= 0.6 is 0 Å². The van der Waals surface area contributed by atoms with Crippen LogP contribution in [0.3, 0.4) is 0 Å². The molecule has 1 amide bonds. The number of hydrogen-bond acceptors (Lipinski definition) is 7. The molecular formula is C66H94LiN3O5. The zero-order valence-electron chi connectivity index (χ0n) is 47.9. The quantitative estimate of drug-likeness (QED) is 0.112. The predicted molar refractivity (Wildman–Crippen MR) is 299 cm³/mol. The first-order valence-electron chi connectivity index (χ1n) is 29.6. The molecule has 8 saturated carbocycles. The summed E-state index contributed by atoms with van der Waals surface area (Å²) in [5.41, 5.74) is 1.48. The van der Waals surface area contributed by atoms with Gasteiger partial charge in [0.15, 0.2) is 0 Å². The molecule has 0 bridgehead atoms. The second kappa shape index (κ2) is 24.1. The number of pyridine rings is 2. The second-order valence-electron chi connectivity index (χ2n) is 26.3. The Morgan fingerprint density at radius 2 is 1.09 bits per heavy atom. The number of hydroxylamine groups is 2. The summed E-state index contributed by atoms with van der Waals surface area (Å²) in [6.45, 7) is 16.7.